The molecule has 262 valence electrons. The Morgan fingerprint density at radius 3 is 1.77 bits per heavy atom. The molecule has 0 N–H and O–H groups in total. The van der Waals surface area contributed by atoms with Gasteiger partial charge < -0.3 is 4.42 Å². The van der Waals surface area contributed by atoms with E-state index in [1.807, 2.05) is 59.9 Å². The van der Waals surface area contributed by atoms with E-state index in [4.69, 9.17) is 19.4 Å². The summed E-state index contributed by atoms with van der Waals surface area (Å²) >= 11 is 1.85. The van der Waals surface area contributed by atoms with Gasteiger partial charge in [0.2, 0.25) is 0 Å². The lowest BCUT2D eigenvalue weighted by Crippen LogP contribution is -2.00. The van der Waals surface area contributed by atoms with E-state index in [-0.39, 0.29) is 0 Å². The Bertz CT molecular complexity index is 3240. The molecule has 8 aromatic carbocycles. The van der Waals surface area contributed by atoms with Crippen molar-refractivity contribution in [3.63, 3.8) is 0 Å². The van der Waals surface area contributed by atoms with Gasteiger partial charge in [-0.3, -0.25) is 0 Å². The van der Waals surface area contributed by atoms with Gasteiger partial charge in [0.15, 0.2) is 17.5 Å². The zero-order valence-corrected chi connectivity index (χ0v) is 30.9. The Hall–Kier alpha value is -7.21. The maximum atomic E-state index is 6.67. The molecule has 0 atom stereocenters. The number of furan rings is 1. The van der Waals surface area contributed by atoms with Gasteiger partial charge in [-0.2, -0.15) is 0 Å². The summed E-state index contributed by atoms with van der Waals surface area (Å²) < 4.78 is 9.21. The van der Waals surface area contributed by atoms with Crippen molar-refractivity contribution in [3.8, 4) is 67.5 Å². The highest BCUT2D eigenvalue weighted by Crippen LogP contribution is 2.46. The summed E-state index contributed by atoms with van der Waals surface area (Å²) in [6.07, 6.45) is 0. The number of rotatable bonds is 6. The quantitative estimate of drug-likeness (QED) is 0.171. The van der Waals surface area contributed by atoms with E-state index < -0.39 is 0 Å². The van der Waals surface area contributed by atoms with Crippen LogP contribution in [0, 0.1) is 0 Å². The molecule has 5 heteroatoms. The van der Waals surface area contributed by atoms with Gasteiger partial charge in [0.25, 0.3) is 0 Å². The third kappa shape index (κ3) is 5.48. The van der Waals surface area contributed by atoms with E-state index in [1.54, 1.807) is 0 Å². The van der Waals surface area contributed by atoms with Crippen molar-refractivity contribution in [1.82, 2.24) is 15.0 Å². The van der Waals surface area contributed by atoms with Gasteiger partial charge in [0, 0.05) is 47.6 Å². The molecule has 11 rings (SSSR count). The number of hydrogen-bond donors (Lipinski definition) is 0. The molecule has 4 nitrogen and oxygen atoms in total. The molecule has 0 aliphatic carbocycles. The topological polar surface area (TPSA) is 51.8 Å². The first-order valence-electron chi connectivity index (χ1n) is 18.7. The summed E-state index contributed by atoms with van der Waals surface area (Å²) in [5.41, 5.74) is 11.4. The first kappa shape index (κ1) is 32.2. The third-order valence-corrected chi connectivity index (χ3v) is 11.8. The Labute approximate surface area is 327 Å². The second-order valence-corrected chi connectivity index (χ2v) is 15.0. The summed E-state index contributed by atoms with van der Waals surface area (Å²) in [7, 11) is 0. The molecule has 0 saturated carbocycles. The number of benzene rings is 8. The highest BCUT2D eigenvalue weighted by molar-refractivity contribution is 7.26. The zero-order chi connectivity index (χ0) is 37.0. The molecule has 0 fully saturated rings. The molecule has 3 aromatic heterocycles. The van der Waals surface area contributed by atoms with Crippen LogP contribution in [0.1, 0.15) is 0 Å². The molecule has 11 aromatic rings. The maximum Gasteiger partial charge on any atom is 0.164 e. The molecule has 0 amide bonds. The minimum Gasteiger partial charge on any atom is -0.456 e. The SMILES string of the molecule is c1ccc(-c2cccc(-c3nc(-c4ccccc4)nc(-c4cccc5oc6cc(-c7ccc(-c8ccccc8)c8c7sc7ccccc78)ccc6c45)n3)c2)cc1. The van der Waals surface area contributed by atoms with E-state index in [9.17, 15) is 0 Å². The lowest BCUT2D eigenvalue weighted by atomic mass is 9.94. The lowest BCUT2D eigenvalue weighted by Gasteiger charge is -2.10. The van der Waals surface area contributed by atoms with E-state index in [0.29, 0.717) is 17.5 Å². The van der Waals surface area contributed by atoms with E-state index in [0.717, 1.165) is 55.3 Å². The Morgan fingerprint density at radius 1 is 0.339 bits per heavy atom. The van der Waals surface area contributed by atoms with Crippen LogP contribution in [0.4, 0.5) is 0 Å². The zero-order valence-electron chi connectivity index (χ0n) is 30.1. The minimum absolute atomic E-state index is 0.597. The number of hydrogen-bond acceptors (Lipinski definition) is 5. The highest BCUT2D eigenvalue weighted by atomic mass is 32.1. The van der Waals surface area contributed by atoms with Crippen molar-refractivity contribution in [2.75, 3.05) is 0 Å². The van der Waals surface area contributed by atoms with Gasteiger partial charge in [-0.05, 0) is 63.7 Å². The van der Waals surface area contributed by atoms with Gasteiger partial charge in [-0.1, -0.05) is 158 Å². The van der Waals surface area contributed by atoms with Crippen molar-refractivity contribution < 1.29 is 4.42 Å². The average molecular weight is 734 g/mol. The number of thiophene rings is 1. The Kier molecular flexibility index (Phi) is 7.64. The fourth-order valence-electron chi connectivity index (χ4n) is 7.90. The fourth-order valence-corrected chi connectivity index (χ4v) is 9.17. The first-order valence-corrected chi connectivity index (χ1v) is 19.5. The summed E-state index contributed by atoms with van der Waals surface area (Å²) in [6.45, 7) is 0. The highest BCUT2D eigenvalue weighted by Gasteiger charge is 2.20. The monoisotopic (exact) mass is 733 g/mol. The lowest BCUT2D eigenvalue weighted by molar-refractivity contribution is 0.669. The fraction of sp³-hybridized carbons (Fsp3) is 0. The van der Waals surface area contributed by atoms with Gasteiger partial charge in [0.05, 0.1) is 0 Å². The molecule has 0 bridgehead atoms. The Morgan fingerprint density at radius 2 is 0.964 bits per heavy atom. The molecular weight excluding hydrogens is 703 g/mol. The first-order chi connectivity index (χ1) is 27.7. The van der Waals surface area contributed by atoms with Crippen LogP contribution in [0.3, 0.4) is 0 Å². The summed E-state index contributed by atoms with van der Waals surface area (Å²) in [5.74, 6) is 1.83. The normalized spacial score (nSPS) is 11.6. The van der Waals surface area contributed by atoms with Crippen molar-refractivity contribution >= 4 is 53.4 Å². The summed E-state index contributed by atoms with van der Waals surface area (Å²) in [6, 6.07) is 65.5. The maximum absolute atomic E-state index is 6.67. The number of aromatic nitrogens is 3. The van der Waals surface area contributed by atoms with Gasteiger partial charge in [0.1, 0.15) is 11.2 Å². The predicted octanol–water partition coefficient (Wildman–Crippen LogP) is 14.1. The molecule has 0 aliphatic heterocycles. The van der Waals surface area contributed by atoms with Gasteiger partial charge >= 0.3 is 0 Å². The molecule has 0 aliphatic rings. The molecule has 0 spiro atoms. The molecule has 3 heterocycles. The van der Waals surface area contributed by atoms with Crippen LogP contribution < -0.4 is 0 Å². The smallest absolute Gasteiger partial charge is 0.164 e. The van der Waals surface area contributed by atoms with Crippen LogP contribution in [0.25, 0.3) is 110 Å². The standard InChI is InChI=1S/C51H31N3OS/c1-4-14-32(15-5-1)35-20-12-21-37(30-35)50-52-49(34-18-8-3-9-19-34)53-51(54-50)42-23-13-24-43-46(42)40-27-26-36(31-44(40)55-43)39-29-28-38(33-16-6-2-7-17-33)47-41-22-10-11-25-45(41)56-48(39)47/h1-31H. The van der Waals surface area contributed by atoms with Crippen LogP contribution in [0.5, 0.6) is 0 Å². The van der Waals surface area contributed by atoms with Gasteiger partial charge in [-0.25, -0.2) is 15.0 Å². The van der Waals surface area contributed by atoms with Crippen LogP contribution >= 0.6 is 11.3 Å². The molecular formula is C51H31N3OS. The largest absolute Gasteiger partial charge is 0.456 e. The average Bonchev–Trinajstić information content (AvgIpc) is 3.86. The summed E-state index contributed by atoms with van der Waals surface area (Å²) in [4.78, 5) is 15.3. The summed E-state index contributed by atoms with van der Waals surface area (Å²) in [5, 5.41) is 4.56. The van der Waals surface area contributed by atoms with Crippen LogP contribution in [-0.2, 0) is 0 Å². The van der Waals surface area contributed by atoms with E-state index >= 15 is 0 Å². The minimum atomic E-state index is 0.597. The molecule has 0 saturated heterocycles. The van der Waals surface area contributed by atoms with Crippen LogP contribution in [0.15, 0.2) is 192 Å². The van der Waals surface area contributed by atoms with Crippen molar-refractivity contribution in [3.05, 3.63) is 188 Å². The van der Waals surface area contributed by atoms with Gasteiger partial charge in [-0.15, -0.1) is 11.3 Å². The van der Waals surface area contributed by atoms with Crippen LogP contribution in [-0.4, -0.2) is 15.0 Å². The Balaban J connectivity index is 1.07. The molecule has 0 unspecified atom stereocenters. The third-order valence-electron chi connectivity index (χ3n) is 10.6. The number of fused-ring (bicyclic) bond motifs is 6. The van der Waals surface area contributed by atoms with E-state index in [1.165, 1.54) is 36.9 Å². The van der Waals surface area contributed by atoms with Crippen molar-refractivity contribution in [1.29, 1.82) is 0 Å². The molecule has 56 heavy (non-hydrogen) atoms. The van der Waals surface area contributed by atoms with Crippen molar-refractivity contribution in [2.24, 2.45) is 0 Å². The second-order valence-electron chi connectivity index (χ2n) is 13.9. The van der Waals surface area contributed by atoms with Crippen molar-refractivity contribution in [2.45, 2.75) is 0 Å². The predicted molar refractivity (Wildman–Crippen MR) is 233 cm³/mol. The second kappa shape index (κ2) is 13.3. The molecule has 0 radical (unpaired) electrons. The number of nitrogens with zero attached hydrogens (tertiary/aromatic N) is 3. The van der Waals surface area contributed by atoms with Crippen LogP contribution in [0.2, 0.25) is 0 Å². The van der Waals surface area contributed by atoms with E-state index in [2.05, 4.69) is 140 Å².